The zero-order chi connectivity index (χ0) is 28.6. The second-order valence-electron chi connectivity index (χ2n) is 9.23. The summed E-state index contributed by atoms with van der Waals surface area (Å²) in [5.74, 6) is -0.201. The van der Waals surface area contributed by atoms with E-state index in [1.54, 1.807) is 18.5 Å². The summed E-state index contributed by atoms with van der Waals surface area (Å²) in [6.07, 6.45) is -6.93. The van der Waals surface area contributed by atoms with Crippen LogP contribution in [0, 0.1) is 13.8 Å². The van der Waals surface area contributed by atoms with Crippen LogP contribution in [0.25, 0.3) is 0 Å². The lowest BCUT2D eigenvalue weighted by Crippen LogP contribution is -2.48. The first-order valence-corrected chi connectivity index (χ1v) is 13.1. The number of nitrogens with one attached hydrogen (secondary N) is 2. The highest BCUT2D eigenvalue weighted by Gasteiger charge is 2.51. The predicted octanol–water partition coefficient (Wildman–Crippen LogP) is 3.50. The molecule has 0 aliphatic carbocycles. The average molecular weight is 562 g/mol. The number of benzene rings is 1. The van der Waals surface area contributed by atoms with Crippen molar-refractivity contribution in [3.05, 3.63) is 29.6 Å². The summed E-state index contributed by atoms with van der Waals surface area (Å²) in [6.45, 7) is 8.01. The van der Waals surface area contributed by atoms with Crippen molar-refractivity contribution in [2.75, 3.05) is 22.7 Å². The van der Waals surface area contributed by atoms with Crippen LogP contribution in [-0.4, -0.2) is 61.2 Å². The van der Waals surface area contributed by atoms with Crippen molar-refractivity contribution in [3.63, 3.8) is 0 Å². The SMILES string of the molecule is CCn1nc(C)c(S(=O)(=O)N2CC(CNC(C)=O)Oc3ccc(NC(=O)OC(C)(C)C(F)(F)F)cc32)c1C. The predicted molar refractivity (Wildman–Crippen MR) is 132 cm³/mol. The fraction of sp³-hybridized carbons (Fsp3) is 0.522. The van der Waals surface area contributed by atoms with Crippen molar-refractivity contribution in [1.82, 2.24) is 15.1 Å². The molecule has 1 aliphatic heterocycles. The molecule has 3 rings (SSSR count). The molecule has 2 N–H and O–H groups in total. The van der Waals surface area contributed by atoms with Crippen LogP contribution in [-0.2, 0) is 26.1 Å². The molecular formula is C23H30F3N5O6S. The molecule has 0 radical (unpaired) electrons. The maximum atomic E-state index is 13.9. The summed E-state index contributed by atoms with van der Waals surface area (Å²) in [6, 6.07) is 3.97. The summed E-state index contributed by atoms with van der Waals surface area (Å²) in [5, 5.41) is 9.10. The summed E-state index contributed by atoms with van der Waals surface area (Å²) < 4.78 is 80.3. The van der Waals surface area contributed by atoms with E-state index >= 15 is 0 Å². The fourth-order valence-corrected chi connectivity index (χ4v) is 5.76. The Labute approximate surface area is 218 Å². The Balaban J connectivity index is 2.02. The topological polar surface area (TPSA) is 132 Å². The molecule has 15 heteroatoms. The first-order chi connectivity index (χ1) is 17.5. The normalized spacial score (nSPS) is 15.9. The summed E-state index contributed by atoms with van der Waals surface area (Å²) >= 11 is 0. The van der Waals surface area contributed by atoms with Gasteiger partial charge in [-0.25, -0.2) is 13.2 Å². The minimum Gasteiger partial charge on any atom is -0.484 e. The largest absolute Gasteiger partial charge is 0.484 e. The van der Waals surface area contributed by atoms with E-state index in [2.05, 4.69) is 20.5 Å². The Morgan fingerprint density at radius 3 is 2.45 bits per heavy atom. The van der Waals surface area contributed by atoms with Gasteiger partial charge in [0.25, 0.3) is 10.0 Å². The molecule has 2 heterocycles. The molecule has 210 valence electrons. The van der Waals surface area contributed by atoms with Crippen LogP contribution in [0.15, 0.2) is 23.1 Å². The van der Waals surface area contributed by atoms with E-state index in [0.29, 0.717) is 26.1 Å². The van der Waals surface area contributed by atoms with Gasteiger partial charge in [0, 0.05) is 19.2 Å². The van der Waals surface area contributed by atoms with Crippen LogP contribution in [0.1, 0.15) is 39.1 Å². The van der Waals surface area contributed by atoms with Gasteiger partial charge in [0.05, 0.1) is 30.2 Å². The van der Waals surface area contributed by atoms with E-state index in [9.17, 15) is 31.2 Å². The number of rotatable bonds is 7. The van der Waals surface area contributed by atoms with Crippen LogP contribution < -0.4 is 19.7 Å². The number of aromatic nitrogens is 2. The number of halogens is 3. The number of aryl methyl sites for hydroxylation is 2. The number of alkyl halides is 3. The van der Waals surface area contributed by atoms with E-state index in [1.807, 2.05) is 6.92 Å². The number of carbonyl (C=O) groups is 2. The molecule has 11 nitrogen and oxygen atoms in total. The van der Waals surface area contributed by atoms with Crippen LogP contribution >= 0.6 is 0 Å². The molecule has 1 aromatic carbocycles. The molecule has 1 aliphatic rings. The highest BCUT2D eigenvalue weighted by molar-refractivity contribution is 7.93. The van der Waals surface area contributed by atoms with Crippen LogP contribution in [0.4, 0.5) is 29.3 Å². The van der Waals surface area contributed by atoms with Gasteiger partial charge >= 0.3 is 12.3 Å². The quantitative estimate of drug-likeness (QED) is 0.529. The molecule has 1 atom stereocenters. The average Bonchev–Trinajstić information content (AvgIpc) is 3.09. The second-order valence-corrected chi connectivity index (χ2v) is 11.0. The number of hydrogen-bond acceptors (Lipinski definition) is 7. The smallest absolute Gasteiger partial charge is 0.427 e. The molecule has 1 unspecified atom stereocenters. The van der Waals surface area contributed by atoms with Crippen molar-refractivity contribution in [1.29, 1.82) is 0 Å². The molecular weight excluding hydrogens is 531 g/mol. The van der Waals surface area contributed by atoms with Gasteiger partial charge in [-0.1, -0.05) is 0 Å². The highest BCUT2D eigenvalue weighted by Crippen LogP contribution is 2.40. The van der Waals surface area contributed by atoms with Gasteiger partial charge in [-0.15, -0.1) is 0 Å². The van der Waals surface area contributed by atoms with Crippen molar-refractivity contribution in [2.24, 2.45) is 0 Å². The molecule has 0 spiro atoms. The minimum atomic E-state index is -4.81. The van der Waals surface area contributed by atoms with E-state index < -0.39 is 34.0 Å². The number of fused-ring (bicyclic) bond motifs is 1. The van der Waals surface area contributed by atoms with Crippen molar-refractivity contribution >= 4 is 33.4 Å². The molecule has 0 fully saturated rings. The third kappa shape index (κ3) is 5.81. The number of nitrogens with zero attached hydrogens (tertiary/aromatic N) is 3. The number of carbonyl (C=O) groups excluding carboxylic acids is 2. The maximum Gasteiger partial charge on any atom is 0.427 e. The Kier molecular flexibility index (Phi) is 7.91. The van der Waals surface area contributed by atoms with Gasteiger partial charge in [-0.2, -0.15) is 18.3 Å². The number of anilines is 2. The van der Waals surface area contributed by atoms with Gasteiger partial charge in [0.2, 0.25) is 11.5 Å². The Morgan fingerprint density at radius 1 is 1.24 bits per heavy atom. The van der Waals surface area contributed by atoms with E-state index in [4.69, 9.17) is 4.74 Å². The van der Waals surface area contributed by atoms with Gasteiger partial charge in [0.1, 0.15) is 16.7 Å². The van der Waals surface area contributed by atoms with Crippen LogP contribution in [0.2, 0.25) is 0 Å². The summed E-state index contributed by atoms with van der Waals surface area (Å²) in [4.78, 5) is 23.7. The first-order valence-electron chi connectivity index (χ1n) is 11.7. The first kappa shape index (κ1) is 29.1. The third-order valence-electron chi connectivity index (χ3n) is 5.91. The Morgan fingerprint density at radius 2 is 1.89 bits per heavy atom. The highest BCUT2D eigenvalue weighted by atomic mass is 32.2. The lowest BCUT2D eigenvalue weighted by Gasteiger charge is -2.36. The standard InChI is InChI=1S/C23H30F3N5O6S/c1-7-30-14(3)20(13(2)29-30)38(34,35)31-12-17(11-27-15(4)32)36-19-9-8-16(10-18(19)31)28-21(33)37-22(5,6)23(24,25)26/h8-10,17H,7,11-12H2,1-6H3,(H,27,32)(H,28,33). The Hall–Kier alpha value is -3.49. The number of amides is 2. The molecule has 0 saturated carbocycles. The molecule has 0 saturated heterocycles. The summed E-state index contributed by atoms with van der Waals surface area (Å²) in [7, 11) is -4.23. The van der Waals surface area contributed by atoms with E-state index in [0.717, 1.165) is 4.31 Å². The van der Waals surface area contributed by atoms with Gasteiger partial charge < -0.3 is 14.8 Å². The van der Waals surface area contributed by atoms with E-state index in [-0.39, 0.29) is 46.7 Å². The van der Waals surface area contributed by atoms with Crippen LogP contribution in [0.5, 0.6) is 5.75 Å². The van der Waals surface area contributed by atoms with Crippen molar-refractivity contribution in [3.8, 4) is 5.75 Å². The summed E-state index contributed by atoms with van der Waals surface area (Å²) in [5.41, 5.74) is -2.03. The zero-order valence-corrected chi connectivity index (χ0v) is 22.6. The monoisotopic (exact) mass is 561 g/mol. The maximum absolute atomic E-state index is 13.9. The van der Waals surface area contributed by atoms with Gasteiger partial charge in [0.15, 0.2) is 0 Å². The van der Waals surface area contributed by atoms with Crippen LogP contribution in [0.3, 0.4) is 0 Å². The van der Waals surface area contributed by atoms with Crippen molar-refractivity contribution < 1.29 is 40.7 Å². The minimum absolute atomic E-state index is 0.00447. The molecule has 1 aromatic heterocycles. The molecule has 0 bridgehead atoms. The van der Waals surface area contributed by atoms with Gasteiger partial charge in [-0.05, 0) is 52.8 Å². The molecule has 2 aromatic rings. The molecule has 38 heavy (non-hydrogen) atoms. The van der Waals surface area contributed by atoms with E-state index in [1.165, 1.54) is 25.1 Å². The molecule has 2 amide bonds. The van der Waals surface area contributed by atoms with Gasteiger partial charge in [-0.3, -0.25) is 19.1 Å². The third-order valence-corrected chi connectivity index (χ3v) is 7.94. The lowest BCUT2D eigenvalue weighted by atomic mass is 10.1. The lowest BCUT2D eigenvalue weighted by molar-refractivity contribution is -0.242. The fourth-order valence-electron chi connectivity index (χ4n) is 3.89. The Bertz CT molecular complexity index is 1340. The number of ether oxygens (including phenoxy) is 2. The van der Waals surface area contributed by atoms with Crippen molar-refractivity contribution in [2.45, 2.75) is 70.9 Å². The number of hydrogen-bond donors (Lipinski definition) is 2. The number of sulfonamides is 1. The zero-order valence-electron chi connectivity index (χ0n) is 21.8. The second kappa shape index (κ2) is 10.3.